The van der Waals surface area contributed by atoms with Gasteiger partial charge in [-0.2, -0.15) is 9.40 Å². The highest BCUT2D eigenvalue weighted by Crippen LogP contribution is 2.31. The minimum absolute atomic E-state index is 0.153. The van der Waals surface area contributed by atoms with E-state index in [0.29, 0.717) is 30.7 Å². The Hall–Kier alpha value is -0.960. The van der Waals surface area contributed by atoms with Crippen molar-refractivity contribution in [3.05, 3.63) is 11.8 Å². The number of hydrogen-bond donors (Lipinski definition) is 2. The molecular weight excluding hydrogens is 278 g/mol. The first-order chi connectivity index (χ1) is 9.54. The van der Waals surface area contributed by atoms with Gasteiger partial charge in [0.2, 0.25) is 0 Å². The lowest BCUT2D eigenvalue weighted by Gasteiger charge is -2.25. The quantitative estimate of drug-likeness (QED) is 0.801. The van der Waals surface area contributed by atoms with Gasteiger partial charge in [-0.25, -0.2) is 8.42 Å². The Labute approximate surface area is 119 Å². The van der Waals surface area contributed by atoms with Gasteiger partial charge in [-0.15, -0.1) is 0 Å². The molecule has 0 aliphatic carbocycles. The lowest BCUT2D eigenvalue weighted by atomic mass is 10.1. The number of nitrogens with one attached hydrogen (secondary N) is 1. The largest absolute Gasteiger partial charge is 0.326 e. The van der Waals surface area contributed by atoms with Crippen LogP contribution in [0.2, 0.25) is 0 Å². The van der Waals surface area contributed by atoms with Crippen LogP contribution < -0.4 is 5.73 Å². The van der Waals surface area contributed by atoms with Crippen molar-refractivity contribution in [2.75, 3.05) is 20.1 Å². The van der Waals surface area contributed by atoms with Gasteiger partial charge in [0.05, 0.1) is 6.20 Å². The van der Waals surface area contributed by atoms with Crippen molar-refractivity contribution in [1.29, 1.82) is 0 Å². The van der Waals surface area contributed by atoms with E-state index in [1.54, 1.807) is 4.31 Å². The number of rotatable bonds is 3. The fourth-order valence-corrected chi connectivity index (χ4v) is 4.90. The first-order valence-corrected chi connectivity index (χ1v) is 8.42. The third kappa shape index (κ3) is 2.16. The maximum atomic E-state index is 12.7. The maximum absolute atomic E-state index is 12.7. The molecule has 2 saturated heterocycles. The SMILES string of the molecule is CN1C2CCC1CN(S(=O)(=O)c1[nH]ncc1CN)CC2. The molecule has 2 bridgehead atoms. The van der Waals surface area contributed by atoms with Crippen LogP contribution in [-0.2, 0) is 16.6 Å². The van der Waals surface area contributed by atoms with Gasteiger partial charge in [-0.1, -0.05) is 0 Å². The summed E-state index contributed by atoms with van der Waals surface area (Å²) in [5.41, 5.74) is 6.13. The Morgan fingerprint density at radius 1 is 1.40 bits per heavy atom. The van der Waals surface area contributed by atoms with E-state index in [4.69, 9.17) is 5.73 Å². The van der Waals surface area contributed by atoms with E-state index in [2.05, 4.69) is 22.1 Å². The maximum Gasteiger partial charge on any atom is 0.260 e. The summed E-state index contributed by atoms with van der Waals surface area (Å²) >= 11 is 0. The van der Waals surface area contributed by atoms with Crippen molar-refractivity contribution in [3.63, 3.8) is 0 Å². The van der Waals surface area contributed by atoms with Gasteiger partial charge >= 0.3 is 0 Å². The van der Waals surface area contributed by atoms with Gasteiger partial charge in [-0.05, 0) is 26.3 Å². The molecule has 20 heavy (non-hydrogen) atoms. The first-order valence-electron chi connectivity index (χ1n) is 6.98. The first kappa shape index (κ1) is 14.0. The predicted octanol–water partition coefficient (Wildman–Crippen LogP) is -0.274. The number of H-pyrrole nitrogens is 1. The van der Waals surface area contributed by atoms with Crippen LogP contribution in [-0.4, -0.2) is 60.0 Å². The zero-order valence-electron chi connectivity index (χ0n) is 11.6. The fraction of sp³-hybridized carbons (Fsp3) is 0.750. The van der Waals surface area contributed by atoms with E-state index in [9.17, 15) is 8.42 Å². The molecule has 2 fully saturated rings. The summed E-state index contributed by atoms with van der Waals surface area (Å²) in [6.45, 7) is 1.29. The minimum Gasteiger partial charge on any atom is -0.326 e. The van der Waals surface area contributed by atoms with Gasteiger partial charge in [-0.3, -0.25) is 10.00 Å². The van der Waals surface area contributed by atoms with Crippen LogP contribution in [0.5, 0.6) is 0 Å². The third-order valence-electron chi connectivity index (χ3n) is 4.61. The molecule has 1 aromatic rings. The molecule has 7 nitrogen and oxygen atoms in total. The topological polar surface area (TPSA) is 95.3 Å². The van der Waals surface area contributed by atoms with E-state index in [-0.39, 0.29) is 11.6 Å². The molecule has 0 radical (unpaired) electrons. The average Bonchev–Trinajstić information content (AvgIpc) is 2.95. The van der Waals surface area contributed by atoms with Crippen LogP contribution in [0.25, 0.3) is 0 Å². The Morgan fingerprint density at radius 2 is 2.15 bits per heavy atom. The van der Waals surface area contributed by atoms with Crippen molar-refractivity contribution < 1.29 is 8.42 Å². The molecule has 8 heteroatoms. The van der Waals surface area contributed by atoms with Crippen LogP contribution in [0.3, 0.4) is 0 Å². The number of aromatic amines is 1. The number of hydrogen-bond acceptors (Lipinski definition) is 5. The second-order valence-electron chi connectivity index (χ2n) is 5.63. The summed E-state index contributed by atoms with van der Waals surface area (Å²) in [7, 11) is -1.42. The van der Waals surface area contributed by atoms with Gasteiger partial charge < -0.3 is 5.73 Å². The molecule has 2 aliphatic heterocycles. The lowest BCUT2D eigenvalue weighted by molar-refractivity contribution is 0.246. The summed E-state index contributed by atoms with van der Waals surface area (Å²) in [4.78, 5) is 2.33. The zero-order chi connectivity index (χ0) is 14.3. The summed E-state index contributed by atoms with van der Waals surface area (Å²) in [6, 6.07) is 0.831. The van der Waals surface area contributed by atoms with E-state index in [1.807, 2.05) is 0 Å². The molecule has 0 saturated carbocycles. The van der Waals surface area contributed by atoms with Crippen molar-refractivity contribution >= 4 is 10.0 Å². The molecule has 3 rings (SSSR count). The van der Waals surface area contributed by atoms with Gasteiger partial charge in [0.15, 0.2) is 5.03 Å². The van der Waals surface area contributed by atoms with Crippen molar-refractivity contribution in [2.24, 2.45) is 5.73 Å². The highest BCUT2D eigenvalue weighted by Gasteiger charge is 2.39. The number of sulfonamides is 1. The van der Waals surface area contributed by atoms with E-state index < -0.39 is 10.0 Å². The fourth-order valence-electron chi connectivity index (χ4n) is 3.29. The number of likely N-dealkylation sites (N-methyl/N-ethyl adjacent to an activating group) is 1. The average molecular weight is 299 g/mol. The van der Waals surface area contributed by atoms with E-state index >= 15 is 0 Å². The molecule has 2 atom stereocenters. The highest BCUT2D eigenvalue weighted by atomic mass is 32.2. The smallest absolute Gasteiger partial charge is 0.260 e. The van der Waals surface area contributed by atoms with Crippen LogP contribution >= 0.6 is 0 Å². The minimum atomic E-state index is -3.52. The van der Waals surface area contributed by atoms with Crippen LogP contribution in [0.15, 0.2) is 11.2 Å². The zero-order valence-corrected chi connectivity index (χ0v) is 12.4. The van der Waals surface area contributed by atoms with Crippen LogP contribution in [0.4, 0.5) is 0 Å². The Balaban J connectivity index is 1.89. The van der Waals surface area contributed by atoms with Gasteiger partial charge in [0.1, 0.15) is 0 Å². The standard InChI is InChI=1S/C12H21N5O2S/c1-16-10-2-3-11(16)8-17(5-4-10)20(18,19)12-9(6-13)7-14-15-12/h7,10-11H,2-6,8,13H2,1H3,(H,14,15). The molecular formula is C12H21N5O2S. The van der Waals surface area contributed by atoms with E-state index in [1.165, 1.54) is 12.6 Å². The Morgan fingerprint density at radius 3 is 2.90 bits per heavy atom. The molecule has 3 N–H and O–H groups in total. The predicted molar refractivity (Wildman–Crippen MR) is 74.4 cm³/mol. The molecule has 0 aromatic carbocycles. The molecule has 0 amide bonds. The number of aromatic nitrogens is 2. The van der Waals surface area contributed by atoms with Gasteiger partial charge in [0.25, 0.3) is 10.0 Å². The summed E-state index contributed by atoms with van der Waals surface area (Å²) in [5, 5.41) is 6.57. The Kier molecular flexibility index (Phi) is 3.57. The summed E-state index contributed by atoms with van der Waals surface area (Å²) in [5.74, 6) is 0. The molecule has 0 spiro atoms. The Bertz CT molecular complexity index is 584. The normalized spacial score (nSPS) is 28.7. The van der Waals surface area contributed by atoms with E-state index in [0.717, 1.165) is 12.8 Å². The second kappa shape index (κ2) is 5.10. The molecule has 3 heterocycles. The molecule has 112 valence electrons. The van der Waals surface area contributed by atoms with Gasteiger partial charge in [0, 0.05) is 37.3 Å². The van der Waals surface area contributed by atoms with Crippen molar-refractivity contribution in [2.45, 2.75) is 42.9 Å². The molecule has 1 aromatic heterocycles. The number of fused-ring (bicyclic) bond motifs is 2. The van der Waals surface area contributed by atoms with Crippen molar-refractivity contribution in [1.82, 2.24) is 19.4 Å². The molecule has 2 aliphatic rings. The highest BCUT2D eigenvalue weighted by molar-refractivity contribution is 7.89. The van der Waals surface area contributed by atoms with Crippen LogP contribution in [0, 0.1) is 0 Å². The van der Waals surface area contributed by atoms with Crippen LogP contribution in [0.1, 0.15) is 24.8 Å². The number of nitrogens with two attached hydrogens (primary N) is 1. The lowest BCUT2D eigenvalue weighted by Crippen LogP contribution is -2.40. The third-order valence-corrected chi connectivity index (χ3v) is 6.49. The molecule has 2 unspecified atom stereocenters. The van der Waals surface area contributed by atoms with Crippen molar-refractivity contribution in [3.8, 4) is 0 Å². The monoisotopic (exact) mass is 299 g/mol. The summed E-state index contributed by atoms with van der Waals surface area (Å²) in [6.07, 6.45) is 4.62. The summed E-state index contributed by atoms with van der Waals surface area (Å²) < 4.78 is 27.1. The number of nitrogens with zero attached hydrogens (tertiary/aromatic N) is 3. The second-order valence-corrected chi connectivity index (χ2v) is 7.51.